The largest absolute Gasteiger partial charge is 0.465 e. The second kappa shape index (κ2) is 8.66. The lowest BCUT2D eigenvalue weighted by Gasteiger charge is -2.20. The van der Waals surface area contributed by atoms with Gasteiger partial charge in [0.15, 0.2) is 0 Å². The Hall–Kier alpha value is -3.86. The zero-order chi connectivity index (χ0) is 20.9. The van der Waals surface area contributed by atoms with Crippen LogP contribution in [0.3, 0.4) is 0 Å². The van der Waals surface area contributed by atoms with Crippen molar-refractivity contribution in [2.45, 2.75) is 12.6 Å². The summed E-state index contributed by atoms with van der Waals surface area (Å²) in [4.78, 5) is 25.2. The SMILES string of the molecule is COC(=O)c1cn(CC(=O)NC(c2ccccc2)c2ccccc2)c2ccccc12. The van der Waals surface area contributed by atoms with Gasteiger partial charge in [-0.2, -0.15) is 0 Å². The van der Waals surface area contributed by atoms with Gasteiger partial charge in [0.2, 0.25) is 5.91 Å². The van der Waals surface area contributed by atoms with Crippen LogP contribution >= 0.6 is 0 Å². The average molecular weight is 398 g/mol. The van der Waals surface area contributed by atoms with Crippen LogP contribution in [-0.2, 0) is 16.1 Å². The molecule has 1 N–H and O–H groups in total. The minimum absolute atomic E-state index is 0.0909. The number of nitrogens with one attached hydrogen (secondary N) is 1. The zero-order valence-electron chi connectivity index (χ0n) is 16.6. The van der Waals surface area contributed by atoms with Gasteiger partial charge < -0.3 is 14.6 Å². The molecule has 0 fully saturated rings. The summed E-state index contributed by atoms with van der Waals surface area (Å²) in [6.07, 6.45) is 1.68. The van der Waals surface area contributed by atoms with Crippen molar-refractivity contribution in [2.75, 3.05) is 7.11 Å². The molecule has 0 aliphatic carbocycles. The summed E-state index contributed by atoms with van der Waals surface area (Å²) >= 11 is 0. The molecule has 0 saturated carbocycles. The molecule has 0 unspecified atom stereocenters. The third-order valence-electron chi connectivity index (χ3n) is 5.08. The molecule has 1 amide bonds. The number of amides is 1. The van der Waals surface area contributed by atoms with Crippen molar-refractivity contribution < 1.29 is 14.3 Å². The van der Waals surface area contributed by atoms with Crippen LogP contribution in [0.25, 0.3) is 10.9 Å². The van der Waals surface area contributed by atoms with Gasteiger partial charge in [-0.25, -0.2) is 4.79 Å². The number of esters is 1. The quantitative estimate of drug-likeness (QED) is 0.492. The van der Waals surface area contributed by atoms with Crippen molar-refractivity contribution >= 4 is 22.8 Å². The molecule has 5 heteroatoms. The lowest BCUT2D eigenvalue weighted by molar-refractivity contribution is -0.122. The van der Waals surface area contributed by atoms with Gasteiger partial charge in [0.1, 0.15) is 6.54 Å². The van der Waals surface area contributed by atoms with Crippen molar-refractivity contribution in [1.82, 2.24) is 9.88 Å². The van der Waals surface area contributed by atoms with E-state index in [1.807, 2.05) is 84.9 Å². The molecule has 0 atom stereocenters. The van der Waals surface area contributed by atoms with E-state index in [0.717, 1.165) is 22.0 Å². The summed E-state index contributed by atoms with van der Waals surface area (Å²) < 4.78 is 6.67. The molecular formula is C25H22N2O3. The Balaban J connectivity index is 1.63. The highest BCUT2D eigenvalue weighted by atomic mass is 16.5. The van der Waals surface area contributed by atoms with Gasteiger partial charge >= 0.3 is 5.97 Å². The van der Waals surface area contributed by atoms with Crippen molar-refractivity contribution in [3.8, 4) is 0 Å². The molecule has 0 saturated heterocycles. The molecule has 0 bridgehead atoms. The summed E-state index contributed by atoms with van der Waals surface area (Å²) in [5.74, 6) is -0.568. The molecule has 1 aromatic heterocycles. The van der Waals surface area contributed by atoms with Crippen molar-refractivity contribution in [2.24, 2.45) is 0 Å². The zero-order valence-corrected chi connectivity index (χ0v) is 16.6. The number of ether oxygens (including phenoxy) is 1. The Labute approximate surface area is 174 Å². The van der Waals surface area contributed by atoms with E-state index in [9.17, 15) is 9.59 Å². The number of nitrogens with zero attached hydrogens (tertiary/aromatic N) is 1. The minimum Gasteiger partial charge on any atom is -0.465 e. The lowest BCUT2D eigenvalue weighted by atomic mass is 9.99. The lowest BCUT2D eigenvalue weighted by Crippen LogP contribution is -2.32. The second-order valence-corrected chi connectivity index (χ2v) is 7.00. The molecule has 0 aliphatic rings. The Morgan fingerprint density at radius 2 is 1.43 bits per heavy atom. The topological polar surface area (TPSA) is 60.3 Å². The first-order chi connectivity index (χ1) is 14.7. The molecule has 150 valence electrons. The number of para-hydroxylation sites is 1. The number of methoxy groups -OCH3 is 1. The van der Waals surface area contributed by atoms with Crippen LogP contribution in [0, 0.1) is 0 Å². The Morgan fingerprint density at radius 1 is 0.867 bits per heavy atom. The number of carbonyl (C=O) groups excluding carboxylic acids is 2. The van der Waals surface area contributed by atoms with Crippen LogP contribution in [0.4, 0.5) is 0 Å². The van der Waals surface area contributed by atoms with Crippen LogP contribution < -0.4 is 5.32 Å². The van der Waals surface area contributed by atoms with E-state index in [-0.39, 0.29) is 18.5 Å². The molecule has 1 heterocycles. The molecule has 0 aliphatic heterocycles. The highest BCUT2D eigenvalue weighted by Gasteiger charge is 2.19. The summed E-state index contributed by atoms with van der Waals surface area (Å²) in [6, 6.07) is 27.0. The van der Waals surface area contributed by atoms with Gasteiger partial charge in [-0.15, -0.1) is 0 Å². The fraction of sp³-hybridized carbons (Fsp3) is 0.120. The maximum absolute atomic E-state index is 13.0. The third-order valence-corrected chi connectivity index (χ3v) is 5.08. The molecule has 4 aromatic rings. The van der Waals surface area contributed by atoms with E-state index in [2.05, 4.69) is 5.32 Å². The van der Waals surface area contributed by atoms with E-state index in [1.54, 1.807) is 10.8 Å². The van der Waals surface area contributed by atoms with E-state index >= 15 is 0 Å². The summed E-state index contributed by atoms with van der Waals surface area (Å²) in [6.45, 7) is 0.0909. The van der Waals surface area contributed by atoms with Gasteiger partial charge in [-0.1, -0.05) is 78.9 Å². The third kappa shape index (κ3) is 3.96. The van der Waals surface area contributed by atoms with Gasteiger partial charge in [0.05, 0.1) is 18.7 Å². The first kappa shape index (κ1) is 19.5. The average Bonchev–Trinajstić information content (AvgIpc) is 3.16. The number of benzene rings is 3. The number of carbonyl (C=O) groups is 2. The Morgan fingerprint density at radius 3 is 2.03 bits per heavy atom. The number of hydrogen-bond donors (Lipinski definition) is 1. The summed E-state index contributed by atoms with van der Waals surface area (Å²) in [7, 11) is 1.35. The molecular weight excluding hydrogens is 376 g/mol. The van der Waals surface area contributed by atoms with E-state index in [4.69, 9.17) is 4.74 Å². The Bertz CT molecular complexity index is 1130. The normalized spacial score (nSPS) is 10.9. The van der Waals surface area contributed by atoms with Crippen LogP contribution in [0.1, 0.15) is 27.5 Å². The van der Waals surface area contributed by atoms with Crippen molar-refractivity contribution in [1.29, 1.82) is 0 Å². The highest BCUT2D eigenvalue weighted by molar-refractivity contribution is 6.04. The number of fused-ring (bicyclic) bond motifs is 1. The van der Waals surface area contributed by atoms with E-state index < -0.39 is 5.97 Å². The molecule has 30 heavy (non-hydrogen) atoms. The van der Waals surface area contributed by atoms with Gasteiger partial charge in [0.25, 0.3) is 0 Å². The second-order valence-electron chi connectivity index (χ2n) is 7.00. The molecule has 4 rings (SSSR count). The number of aromatic nitrogens is 1. The van der Waals surface area contributed by atoms with Crippen LogP contribution in [0.15, 0.2) is 91.1 Å². The number of rotatable bonds is 6. The van der Waals surface area contributed by atoms with Gasteiger partial charge in [0, 0.05) is 17.1 Å². The molecule has 0 spiro atoms. The summed E-state index contributed by atoms with van der Waals surface area (Å²) in [5, 5.41) is 3.90. The Kier molecular flexibility index (Phi) is 5.61. The highest BCUT2D eigenvalue weighted by Crippen LogP contribution is 2.24. The van der Waals surface area contributed by atoms with Gasteiger partial charge in [-0.3, -0.25) is 4.79 Å². The molecule has 3 aromatic carbocycles. The van der Waals surface area contributed by atoms with Crippen LogP contribution in [0.5, 0.6) is 0 Å². The predicted molar refractivity (Wildman–Crippen MR) is 116 cm³/mol. The van der Waals surface area contributed by atoms with Crippen LogP contribution in [-0.4, -0.2) is 23.6 Å². The maximum Gasteiger partial charge on any atom is 0.340 e. The monoisotopic (exact) mass is 398 g/mol. The predicted octanol–water partition coefficient (Wildman–Crippen LogP) is 4.33. The van der Waals surface area contributed by atoms with E-state index in [1.165, 1.54) is 7.11 Å². The van der Waals surface area contributed by atoms with Gasteiger partial charge in [-0.05, 0) is 17.2 Å². The van der Waals surface area contributed by atoms with Crippen molar-refractivity contribution in [3.63, 3.8) is 0 Å². The minimum atomic E-state index is -0.420. The maximum atomic E-state index is 13.0. The standard InChI is InChI=1S/C25H22N2O3/c1-30-25(29)21-16-27(22-15-9-8-14-20(21)22)17-23(28)26-24(18-10-4-2-5-11-18)19-12-6-3-7-13-19/h2-16,24H,17H2,1H3,(H,26,28). The van der Waals surface area contributed by atoms with Crippen LogP contribution in [0.2, 0.25) is 0 Å². The molecule has 0 radical (unpaired) electrons. The summed E-state index contributed by atoms with van der Waals surface area (Å²) in [5.41, 5.74) is 3.27. The number of hydrogen-bond acceptors (Lipinski definition) is 3. The molecule has 5 nitrogen and oxygen atoms in total. The smallest absolute Gasteiger partial charge is 0.340 e. The van der Waals surface area contributed by atoms with E-state index in [0.29, 0.717) is 5.56 Å². The first-order valence-corrected chi connectivity index (χ1v) is 9.73. The first-order valence-electron chi connectivity index (χ1n) is 9.73. The van der Waals surface area contributed by atoms with Crippen molar-refractivity contribution in [3.05, 3.63) is 108 Å². The fourth-order valence-electron chi connectivity index (χ4n) is 3.66. The fourth-order valence-corrected chi connectivity index (χ4v) is 3.66.